The minimum absolute atomic E-state index is 0.384. The lowest BCUT2D eigenvalue weighted by Crippen LogP contribution is -2.31. The monoisotopic (exact) mass is 271 g/mol. The Labute approximate surface area is 118 Å². The number of aromatic nitrogens is 1. The molecule has 2 aromatic rings. The predicted molar refractivity (Wildman–Crippen MR) is 82.7 cm³/mol. The molecular formula is C15H17N3S. The third-order valence-corrected chi connectivity index (χ3v) is 4.07. The first-order valence-electron chi connectivity index (χ1n) is 6.19. The van der Waals surface area contributed by atoms with Crippen LogP contribution in [-0.2, 0) is 0 Å². The maximum absolute atomic E-state index is 9.28. The molecule has 1 unspecified atom stereocenters. The van der Waals surface area contributed by atoms with Gasteiger partial charge in [-0.1, -0.05) is 18.2 Å². The molecule has 1 heterocycles. The Kier molecular flexibility index (Phi) is 4.28. The van der Waals surface area contributed by atoms with Gasteiger partial charge in [0, 0.05) is 24.2 Å². The molecule has 2 rings (SSSR count). The fraction of sp³-hybridized carbons (Fsp3) is 0.333. The highest BCUT2D eigenvalue weighted by atomic mass is 32.2. The second kappa shape index (κ2) is 5.94. The lowest BCUT2D eigenvalue weighted by molar-refractivity contribution is 0.755. The number of hydrogen-bond donors (Lipinski definition) is 0. The largest absolute Gasteiger partial charge is 0.356 e. The van der Waals surface area contributed by atoms with Crippen LogP contribution in [0.3, 0.4) is 0 Å². The minimum atomic E-state index is 0.384. The van der Waals surface area contributed by atoms with Crippen LogP contribution >= 0.6 is 11.8 Å². The highest BCUT2D eigenvalue weighted by Crippen LogP contribution is 2.23. The molecule has 0 radical (unpaired) electrons. The molecule has 0 aliphatic carbocycles. The zero-order chi connectivity index (χ0) is 13.8. The van der Waals surface area contributed by atoms with Crippen LogP contribution in [-0.4, -0.2) is 30.1 Å². The Balaban J connectivity index is 2.48. The van der Waals surface area contributed by atoms with Crippen molar-refractivity contribution >= 4 is 28.5 Å². The van der Waals surface area contributed by atoms with Crippen LogP contribution in [0.25, 0.3) is 10.9 Å². The zero-order valence-corrected chi connectivity index (χ0v) is 12.2. The van der Waals surface area contributed by atoms with Gasteiger partial charge < -0.3 is 4.90 Å². The smallest absolute Gasteiger partial charge is 0.130 e. The van der Waals surface area contributed by atoms with Gasteiger partial charge in [-0.3, -0.25) is 0 Å². The quantitative estimate of drug-likeness (QED) is 0.855. The molecule has 4 heteroatoms. The third-order valence-electron chi connectivity index (χ3n) is 3.25. The fourth-order valence-electron chi connectivity index (χ4n) is 2.01. The maximum Gasteiger partial charge on any atom is 0.130 e. The van der Waals surface area contributed by atoms with Gasteiger partial charge in [-0.25, -0.2) is 4.98 Å². The first kappa shape index (κ1) is 13.7. The van der Waals surface area contributed by atoms with Gasteiger partial charge in [0.05, 0.1) is 17.1 Å². The first-order chi connectivity index (χ1) is 9.17. The molecule has 1 aromatic heterocycles. The van der Waals surface area contributed by atoms with Crippen LogP contribution < -0.4 is 4.90 Å². The molecule has 98 valence electrons. The van der Waals surface area contributed by atoms with Gasteiger partial charge >= 0.3 is 0 Å². The summed E-state index contributed by atoms with van der Waals surface area (Å²) in [6, 6.07) is 12.3. The van der Waals surface area contributed by atoms with Crippen LogP contribution in [0.1, 0.15) is 12.5 Å². The summed E-state index contributed by atoms with van der Waals surface area (Å²) in [5.74, 6) is 1.89. The Hall–Kier alpha value is -1.73. The summed E-state index contributed by atoms with van der Waals surface area (Å²) in [6.07, 6.45) is 2.10. The van der Waals surface area contributed by atoms with E-state index in [1.165, 1.54) is 0 Å². The topological polar surface area (TPSA) is 39.9 Å². The third kappa shape index (κ3) is 2.82. The van der Waals surface area contributed by atoms with E-state index in [0.29, 0.717) is 11.6 Å². The van der Waals surface area contributed by atoms with E-state index in [0.717, 1.165) is 22.5 Å². The number of benzene rings is 1. The predicted octanol–water partition coefficient (Wildman–Crippen LogP) is 3.29. The molecule has 1 atom stereocenters. The number of thioether (sulfide) groups is 1. The maximum atomic E-state index is 9.28. The van der Waals surface area contributed by atoms with Crippen molar-refractivity contribution in [2.24, 2.45) is 0 Å². The molecule has 19 heavy (non-hydrogen) atoms. The van der Waals surface area contributed by atoms with Gasteiger partial charge in [0.2, 0.25) is 0 Å². The van der Waals surface area contributed by atoms with E-state index in [-0.39, 0.29) is 0 Å². The molecule has 1 aromatic carbocycles. The van der Waals surface area contributed by atoms with Gasteiger partial charge in [-0.15, -0.1) is 0 Å². The van der Waals surface area contributed by atoms with Crippen LogP contribution in [0.5, 0.6) is 0 Å². The second-order valence-corrected chi connectivity index (χ2v) is 5.48. The first-order valence-corrected chi connectivity index (χ1v) is 7.58. The summed E-state index contributed by atoms with van der Waals surface area (Å²) in [7, 11) is 2.03. The number of nitrogens with zero attached hydrogens (tertiary/aromatic N) is 3. The van der Waals surface area contributed by atoms with Crippen LogP contribution in [0.2, 0.25) is 0 Å². The van der Waals surface area contributed by atoms with Crippen molar-refractivity contribution in [3.8, 4) is 6.07 Å². The van der Waals surface area contributed by atoms with Crippen LogP contribution in [0.15, 0.2) is 30.3 Å². The Bertz CT molecular complexity index is 618. The number of hydrogen-bond acceptors (Lipinski definition) is 4. The zero-order valence-electron chi connectivity index (χ0n) is 11.4. The van der Waals surface area contributed by atoms with E-state index >= 15 is 0 Å². The van der Waals surface area contributed by atoms with Gasteiger partial charge in [0.1, 0.15) is 5.82 Å². The number of fused-ring (bicyclic) bond motifs is 1. The molecular weight excluding hydrogens is 254 g/mol. The average molecular weight is 271 g/mol. The summed E-state index contributed by atoms with van der Waals surface area (Å²) in [6.45, 7) is 2.17. The minimum Gasteiger partial charge on any atom is -0.356 e. The number of anilines is 1. The molecule has 0 fully saturated rings. The number of pyridine rings is 1. The normalized spacial score (nSPS) is 12.1. The molecule has 0 bridgehead atoms. The van der Waals surface area contributed by atoms with E-state index < -0.39 is 0 Å². The number of rotatable bonds is 4. The van der Waals surface area contributed by atoms with Crippen molar-refractivity contribution in [1.82, 2.24) is 4.98 Å². The molecule has 0 aliphatic heterocycles. The van der Waals surface area contributed by atoms with Crippen molar-refractivity contribution in [3.63, 3.8) is 0 Å². The van der Waals surface area contributed by atoms with Gasteiger partial charge in [0.15, 0.2) is 0 Å². The molecule has 0 spiro atoms. The SMILES string of the molecule is CSCC(C)N(C)c1cc(C#N)c2ccccc2n1. The van der Waals surface area contributed by atoms with Crippen molar-refractivity contribution < 1.29 is 0 Å². The molecule has 3 nitrogen and oxygen atoms in total. The summed E-state index contributed by atoms with van der Waals surface area (Å²) in [5.41, 5.74) is 1.56. The highest BCUT2D eigenvalue weighted by molar-refractivity contribution is 7.98. The number of para-hydroxylation sites is 1. The van der Waals surface area contributed by atoms with Crippen LogP contribution in [0.4, 0.5) is 5.82 Å². The van der Waals surface area contributed by atoms with E-state index in [4.69, 9.17) is 0 Å². The van der Waals surface area contributed by atoms with Crippen molar-refractivity contribution in [3.05, 3.63) is 35.9 Å². The van der Waals surface area contributed by atoms with Gasteiger partial charge in [-0.05, 0) is 25.3 Å². The standard InChI is InChI=1S/C15H17N3S/c1-11(10-19-3)18(2)15-8-12(9-16)13-6-4-5-7-14(13)17-15/h4-8,11H,10H2,1-3H3. The molecule has 0 aliphatic rings. The molecule has 0 N–H and O–H groups in total. The summed E-state index contributed by atoms with van der Waals surface area (Å²) in [4.78, 5) is 6.78. The summed E-state index contributed by atoms with van der Waals surface area (Å²) >= 11 is 1.81. The highest BCUT2D eigenvalue weighted by Gasteiger charge is 2.13. The van der Waals surface area contributed by atoms with E-state index in [9.17, 15) is 5.26 Å². The van der Waals surface area contributed by atoms with E-state index in [2.05, 4.69) is 29.1 Å². The molecule has 0 amide bonds. The van der Waals surface area contributed by atoms with Crippen molar-refractivity contribution in [1.29, 1.82) is 5.26 Å². The number of nitriles is 1. The Morgan fingerprint density at radius 1 is 1.42 bits per heavy atom. The molecule has 0 saturated carbocycles. The van der Waals surface area contributed by atoms with Gasteiger partial charge in [-0.2, -0.15) is 17.0 Å². The Morgan fingerprint density at radius 3 is 2.84 bits per heavy atom. The van der Waals surface area contributed by atoms with Crippen molar-refractivity contribution in [2.45, 2.75) is 13.0 Å². The lowest BCUT2D eigenvalue weighted by Gasteiger charge is -2.25. The molecule has 0 saturated heterocycles. The fourth-order valence-corrected chi connectivity index (χ4v) is 2.72. The van der Waals surface area contributed by atoms with Crippen molar-refractivity contribution in [2.75, 3.05) is 24.0 Å². The second-order valence-electron chi connectivity index (χ2n) is 4.57. The van der Waals surface area contributed by atoms with Crippen LogP contribution in [0, 0.1) is 11.3 Å². The summed E-state index contributed by atoms with van der Waals surface area (Å²) in [5, 5.41) is 10.2. The van der Waals surface area contributed by atoms with E-state index in [1.807, 2.05) is 49.1 Å². The summed E-state index contributed by atoms with van der Waals surface area (Å²) < 4.78 is 0. The average Bonchev–Trinajstić information content (AvgIpc) is 2.45. The van der Waals surface area contributed by atoms with Gasteiger partial charge in [0.25, 0.3) is 0 Å². The Morgan fingerprint density at radius 2 is 2.16 bits per heavy atom. The van der Waals surface area contributed by atoms with E-state index in [1.54, 1.807) is 0 Å². The lowest BCUT2D eigenvalue weighted by atomic mass is 10.1.